The van der Waals surface area contributed by atoms with Crippen molar-refractivity contribution in [3.05, 3.63) is 59.3 Å². The third-order valence-electron chi connectivity index (χ3n) is 4.86. The summed E-state index contributed by atoms with van der Waals surface area (Å²) in [4.78, 5) is 22.7. The van der Waals surface area contributed by atoms with Gasteiger partial charge < -0.3 is 9.47 Å². The fourth-order valence-corrected chi connectivity index (χ4v) is 3.27. The number of likely N-dealkylation sites (N-methyl/N-ethyl adjacent to an activating group) is 1. The van der Waals surface area contributed by atoms with Crippen LogP contribution in [0.15, 0.2) is 36.9 Å². The van der Waals surface area contributed by atoms with Gasteiger partial charge in [0.25, 0.3) is 0 Å². The number of fused-ring (bicyclic) bond motifs is 1. The van der Waals surface area contributed by atoms with Gasteiger partial charge in [-0.3, -0.25) is 14.8 Å². The Labute approximate surface area is 154 Å². The van der Waals surface area contributed by atoms with Gasteiger partial charge in [0.2, 0.25) is 5.91 Å². The summed E-state index contributed by atoms with van der Waals surface area (Å²) in [5, 5.41) is 1.10. The lowest BCUT2D eigenvalue weighted by molar-refractivity contribution is -0.129. The predicted molar refractivity (Wildman–Crippen MR) is 104 cm³/mol. The molecule has 3 rings (SSSR count). The molecule has 0 spiro atoms. The third kappa shape index (κ3) is 3.47. The lowest BCUT2D eigenvalue weighted by Crippen LogP contribution is -2.25. The van der Waals surface area contributed by atoms with Gasteiger partial charge in [0, 0.05) is 50.7 Å². The van der Waals surface area contributed by atoms with E-state index in [-0.39, 0.29) is 5.91 Å². The standard InChI is InChI=1S/C21H26N4O/c1-14(2)18-12-22-11-15(3)17(18)10-19-16-7-9-25(13-21(26)24(4)5)20(16)6-8-23-19/h6-9,11-12,14H,10,13H2,1-5H3. The number of nitrogens with zero attached hydrogens (tertiary/aromatic N) is 4. The van der Waals surface area contributed by atoms with Crippen LogP contribution < -0.4 is 0 Å². The van der Waals surface area contributed by atoms with E-state index in [9.17, 15) is 4.79 Å². The van der Waals surface area contributed by atoms with E-state index in [0.717, 1.165) is 23.0 Å². The average molecular weight is 350 g/mol. The highest BCUT2D eigenvalue weighted by molar-refractivity contribution is 5.85. The molecule has 0 aromatic carbocycles. The summed E-state index contributed by atoms with van der Waals surface area (Å²) < 4.78 is 1.99. The van der Waals surface area contributed by atoms with Crippen LogP contribution in [0.2, 0.25) is 0 Å². The minimum atomic E-state index is 0.0768. The van der Waals surface area contributed by atoms with E-state index in [1.807, 2.05) is 35.4 Å². The number of amides is 1. The molecule has 3 heterocycles. The second-order valence-corrected chi connectivity index (χ2v) is 7.28. The minimum absolute atomic E-state index is 0.0768. The Morgan fingerprint density at radius 3 is 2.69 bits per heavy atom. The minimum Gasteiger partial charge on any atom is -0.347 e. The van der Waals surface area contributed by atoms with Crippen molar-refractivity contribution in [3.63, 3.8) is 0 Å². The SMILES string of the molecule is Cc1cncc(C(C)C)c1Cc1nccc2c1ccn2CC(=O)N(C)C. The molecular weight excluding hydrogens is 324 g/mol. The summed E-state index contributed by atoms with van der Waals surface area (Å²) in [7, 11) is 3.56. The summed E-state index contributed by atoms with van der Waals surface area (Å²) in [5.74, 6) is 0.492. The second-order valence-electron chi connectivity index (χ2n) is 7.28. The van der Waals surface area contributed by atoms with Gasteiger partial charge in [-0.05, 0) is 41.7 Å². The number of hydrogen-bond acceptors (Lipinski definition) is 3. The van der Waals surface area contributed by atoms with Crippen LogP contribution >= 0.6 is 0 Å². The van der Waals surface area contributed by atoms with Crippen molar-refractivity contribution in [3.8, 4) is 0 Å². The highest BCUT2D eigenvalue weighted by atomic mass is 16.2. The van der Waals surface area contributed by atoms with Gasteiger partial charge in [0.05, 0.1) is 11.2 Å². The molecule has 136 valence electrons. The molecule has 0 saturated carbocycles. The highest BCUT2D eigenvalue weighted by Gasteiger charge is 2.15. The Balaban J connectivity index is 2.01. The van der Waals surface area contributed by atoms with Gasteiger partial charge in [-0.15, -0.1) is 0 Å². The normalized spacial score (nSPS) is 11.3. The molecule has 3 aromatic rings. The van der Waals surface area contributed by atoms with Crippen molar-refractivity contribution >= 4 is 16.8 Å². The first-order chi connectivity index (χ1) is 12.4. The Hall–Kier alpha value is -2.69. The summed E-state index contributed by atoms with van der Waals surface area (Å²) in [6.07, 6.45) is 8.46. The molecule has 5 heteroatoms. The van der Waals surface area contributed by atoms with Gasteiger partial charge in [-0.2, -0.15) is 0 Å². The lowest BCUT2D eigenvalue weighted by atomic mass is 9.93. The smallest absolute Gasteiger partial charge is 0.241 e. The van der Waals surface area contributed by atoms with Crippen LogP contribution in [0.4, 0.5) is 0 Å². The first-order valence-electron chi connectivity index (χ1n) is 8.94. The van der Waals surface area contributed by atoms with Gasteiger partial charge >= 0.3 is 0 Å². The van der Waals surface area contributed by atoms with Crippen molar-refractivity contribution in [1.82, 2.24) is 19.4 Å². The molecule has 0 aliphatic rings. The maximum absolute atomic E-state index is 12.1. The largest absolute Gasteiger partial charge is 0.347 e. The molecule has 1 amide bonds. The zero-order valence-corrected chi connectivity index (χ0v) is 16.2. The number of pyridine rings is 2. The predicted octanol–water partition coefficient (Wildman–Crippen LogP) is 3.54. The van der Waals surface area contributed by atoms with Gasteiger partial charge in [0.15, 0.2) is 0 Å². The first kappa shape index (κ1) is 18.1. The van der Waals surface area contributed by atoms with Crippen LogP contribution in [0, 0.1) is 6.92 Å². The van der Waals surface area contributed by atoms with E-state index in [1.54, 1.807) is 19.0 Å². The summed E-state index contributed by atoms with van der Waals surface area (Å²) >= 11 is 0. The van der Waals surface area contributed by atoms with Crippen LogP contribution in [-0.2, 0) is 17.8 Å². The van der Waals surface area contributed by atoms with Crippen molar-refractivity contribution < 1.29 is 4.79 Å². The molecule has 5 nitrogen and oxygen atoms in total. The molecule has 0 N–H and O–H groups in total. The Morgan fingerprint density at radius 2 is 2.00 bits per heavy atom. The fraction of sp³-hybridized carbons (Fsp3) is 0.381. The molecular formula is C21H26N4O. The van der Waals surface area contributed by atoms with Gasteiger partial charge in [0.1, 0.15) is 6.54 Å². The maximum atomic E-state index is 12.1. The third-order valence-corrected chi connectivity index (χ3v) is 4.86. The van der Waals surface area contributed by atoms with Crippen molar-refractivity contribution in [2.45, 2.75) is 39.7 Å². The van der Waals surface area contributed by atoms with Crippen LogP contribution in [0.1, 0.15) is 42.1 Å². The zero-order valence-electron chi connectivity index (χ0n) is 16.2. The molecule has 0 fully saturated rings. The van der Waals surface area contributed by atoms with Crippen LogP contribution in [-0.4, -0.2) is 39.4 Å². The first-order valence-corrected chi connectivity index (χ1v) is 8.94. The number of rotatable bonds is 5. The van der Waals surface area contributed by atoms with Gasteiger partial charge in [-0.25, -0.2) is 0 Å². The van der Waals surface area contributed by atoms with E-state index < -0.39 is 0 Å². The molecule has 0 radical (unpaired) electrons. The Bertz CT molecular complexity index is 940. The van der Waals surface area contributed by atoms with Crippen LogP contribution in [0.3, 0.4) is 0 Å². The van der Waals surface area contributed by atoms with Crippen LogP contribution in [0.25, 0.3) is 10.9 Å². The lowest BCUT2D eigenvalue weighted by Gasteiger charge is -2.15. The van der Waals surface area contributed by atoms with E-state index in [2.05, 4.69) is 36.8 Å². The Morgan fingerprint density at radius 1 is 1.23 bits per heavy atom. The van der Waals surface area contributed by atoms with Crippen LogP contribution in [0.5, 0.6) is 0 Å². The summed E-state index contributed by atoms with van der Waals surface area (Å²) in [5.41, 5.74) is 5.84. The topological polar surface area (TPSA) is 51.0 Å². The molecule has 0 aliphatic carbocycles. The van der Waals surface area contributed by atoms with Crippen molar-refractivity contribution in [1.29, 1.82) is 0 Å². The zero-order chi connectivity index (χ0) is 18.8. The molecule has 0 unspecified atom stereocenters. The Kier molecular flexibility index (Phi) is 5.07. The number of carbonyl (C=O) groups excluding carboxylic acids is 1. The molecule has 0 bridgehead atoms. The van der Waals surface area contributed by atoms with Crippen molar-refractivity contribution in [2.75, 3.05) is 14.1 Å². The summed E-state index contributed by atoms with van der Waals surface area (Å²) in [6.45, 7) is 6.83. The highest BCUT2D eigenvalue weighted by Crippen LogP contribution is 2.27. The number of hydrogen-bond donors (Lipinski definition) is 0. The summed E-state index contributed by atoms with van der Waals surface area (Å²) in [6, 6.07) is 4.04. The molecule has 3 aromatic heterocycles. The number of carbonyl (C=O) groups is 1. The van der Waals surface area contributed by atoms with Crippen molar-refractivity contribution in [2.24, 2.45) is 0 Å². The van der Waals surface area contributed by atoms with E-state index in [0.29, 0.717) is 12.5 Å². The number of aryl methyl sites for hydroxylation is 1. The maximum Gasteiger partial charge on any atom is 0.241 e. The van der Waals surface area contributed by atoms with E-state index >= 15 is 0 Å². The van der Waals surface area contributed by atoms with E-state index in [1.165, 1.54) is 16.7 Å². The fourth-order valence-electron chi connectivity index (χ4n) is 3.27. The molecule has 26 heavy (non-hydrogen) atoms. The van der Waals surface area contributed by atoms with Gasteiger partial charge in [-0.1, -0.05) is 13.8 Å². The second kappa shape index (κ2) is 7.28. The molecule has 0 saturated heterocycles. The molecule has 0 aliphatic heterocycles. The average Bonchev–Trinajstić information content (AvgIpc) is 3.00. The van der Waals surface area contributed by atoms with E-state index in [4.69, 9.17) is 0 Å². The molecule has 0 atom stereocenters. The monoisotopic (exact) mass is 350 g/mol. The number of aromatic nitrogens is 3. The quantitative estimate of drug-likeness (QED) is 0.707.